The lowest BCUT2D eigenvalue weighted by Crippen LogP contribution is -2.43. The van der Waals surface area contributed by atoms with Crippen molar-refractivity contribution >= 4 is 11.6 Å². The van der Waals surface area contributed by atoms with Crippen LogP contribution >= 0.6 is 0 Å². The SMILES string of the molecule is CCC[C@]1(O)CC[C@]2(CCN(c3ccc(C(C)C)cc3)C2=O)CC1. The molecule has 1 spiro atoms. The number of aliphatic hydroxyl groups is 1. The number of rotatable bonds is 4. The van der Waals surface area contributed by atoms with Crippen LogP contribution in [0.4, 0.5) is 5.69 Å². The molecule has 0 aromatic heterocycles. The van der Waals surface area contributed by atoms with Gasteiger partial charge in [-0.3, -0.25) is 4.79 Å². The molecule has 3 rings (SSSR count). The molecule has 1 amide bonds. The van der Waals surface area contributed by atoms with E-state index in [4.69, 9.17) is 0 Å². The Hall–Kier alpha value is -1.35. The zero-order chi connectivity index (χ0) is 17.4. The summed E-state index contributed by atoms with van der Waals surface area (Å²) in [7, 11) is 0. The van der Waals surface area contributed by atoms with E-state index in [0.29, 0.717) is 5.92 Å². The third kappa shape index (κ3) is 3.11. The van der Waals surface area contributed by atoms with Crippen LogP contribution in [-0.4, -0.2) is 23.2 Å². The minimum Gasteiger partial charge on any atom is -0.390 e. The number of hydrogen-bond donors (Lipinski definition) is 1. The minimum absolute atomic E-state index is 0.226. The number of amides is 1. The molecular formula is C21H31NO2. The van der Waals surface area contributed by atoms with Gasteiger partial charge in [-0.25, -0.2) is 0 Å². The molecule has 24 heavy (non-hydrogen) atoms. The smallest absolute Gasteiger partial charge is 0.233 e. The number of anilines is 1. The van der Waals surface area contributed by atoms with Crippen LogP contribution in [0.25, 0.3) is 0 Å². The molecule has 1 aliphatic heterocycles. The molecular weight excluding hydrogens is 298 g/mol. The summed E-state index contributed by atoms with van der Waals surface area (Å²) in [6, 6.07) is 8.45. The van der Waals surface area contributed by atoms with Crippen LogP contribution < -0.4 is 4.90 Å². The molecule has 1 saturated heterocycles. The molecule has 0 bridgehead atoms. The first-order chi connectivity index (χ1) is 11.4. The van der Waals surface area contributed by atoms with Gasteiger partial charge in [-0.05, 0) is 62.1 Å². The fourth-order valence-electron chi connectivity index (χ4n) is 4.48. The lowest BCUT2D eigenvalue weighted by Gasteiger charge is -2.41. The van der Waals surface area contributed by atoms with Crippen molar-refractivity contribution in [2.24, 2.45) is 5.41 Å². The second-order valence-corrected chi connectivity index (χ2v) is 8.21. The fraction of sp³-hybridized carbons (Fsp3) is 0.667. The van der Waals surface area contributed by atoms with Gasteiger partial charge in [-0.2, -0.15) is 0 Å². The zero-order valence-electron chi connectivity index (χ0n) is 15.3. The van der Waals surface area contributed by atoms with Crippen LogP contribution in [0.15, 0.2) is 24.3 Å². The Bertz CT molecular complexity index is 582. The molecule has 2 aliphatic rings. The Balaban J connectivity index is 1.71. The average Bonchev–Trinajstić information content (AvgIpc) is 2.88. The van der Waals surface area contributed by atoms with E-state index in [1.165, 1.54) is 5.56 Å². The predicted molar refractivity (Wildman–Crippen MR) is 98.3 cm³/mol. The van der Waals surface area contributed by atoms with Gasteiger partial charge in [0, 0.05) is 12.2 Å². The van der Waals surface area contributed by atoms with E-state index in [1.54, 1.807) is 0 Å². The Morgan fingerprint density at radius 3 is 2.25 bits per heavy atom. The maximum Gasteiger partial charge on any atom is 0.233 e. The highest BCUT2D eigenvalue weighted by atomic mass is 16.3. The highest BCUT2D eigenvalue weighted by Gasteiger charge is 2.51. The largest absolute Gasteiger partial charge is 0.390 e. The molecule has 2 fully saturated rings. The standard InChI is InChI=1S/C21H31NO2/c1-4-9-21(24)12-10-20(11-13-21)14-15-22(19(20)23)18-7-5-17(6-8-18)16(2)3/h5-8,16,24H,4,9-15H2,1-3H3/t20-,21+. The van der Waals surface area contributed by atoms with E-state index in [0.717, 1.165) is 57.2 Å². The second kappa shape index (κ2) is 6.51. The topological polar surface area (TPSA) is 40.5 Å². The van der Waals surface area contributed by atoms with Crippen LogP contribution in [0, 0.1) is 5.41 Å². The Labute approximate surface area is 146 Å². The van der Waals surface area contributed by atoms with Crippen molar-refractivity contribution in [3.8, 4) is 0 Å². The van der Waals surface area contributed by atoms with Gasteiger partial charge in [-0.15, -0.1) is 0 Å². The monoisotopic (exact) mass is 329 g/mol. The Morgan fingerprint density at radius 1 is 1.08 bits per heavy atom. The quantitative estimate of drug-likeness (QED) is 0.874. The maximum atomic E-state index is 13.1. The summed E-state index contributed by atoms with van der Waals surface area (Å²) in [6.07, 6.45) is 6.01. The Kier molecular flexibility index (Phi) is 4.74. The molecule has 0 atom stereocenters. The molecule has 1 saturated carbocycles. The van der Waals surface area contributed by atoms with Crippen LogP contribution in [-0.2, 0) is 4.79 Å². The van der Waals surface area contributed by atoms with Gasteiger partial charge in [0.2, 0.25) is 5.91 Å². The molecule has 0 unspecified atom stereocenters. The van der Waals surface area contributed by atoms with Crippen LogP contribution in [0.1, 0.15) is 77.2 Å². The van der Waals surface area contributed by atoms with Gasteiger partial charge >= 0.3 is 0 Å². The van der Waals surface area contributed by atoms with E-state index < -0.39 is 5.60 Å². The summed E-state index contributed by atoms with van der Waals surface area (Å²) in [5, 5.41) is 10.6. The summed E-state index contributed by atoms with van der Waals surface area (Å²) in [5.41, 5.74) is 1.57. The highest BCUT2D eigenvalue weighted by Crippen LogP contribution is 2.49. The normalized spacial score (nSPS) is 30.5. The summed E-state index contributed by atoms with van der Waals surface area (Å²) in [4.78, 5) is 15.1. The average molecular weight is 329 g/mol. The van der Waals surface area contributed by atoms with E-state index in [1.807, 2.05) is 4.90 Å². The minimum atomic E-state index is -0.535. The van der Waals surface area contributed by atoms with Crippen LogP contribution in [0.2, 0.25) is 0 Å². The summed E-state index contributed by atoms with van der Waals surface area (Å²) < 4.78 is 0. The molecule has 132 valence electrons. The van der Waals surface area contributed by atoms with Crippen molar-refractivity contribution < 1.29 is 9.90 Å². The first-order valence-corrected chi connectivity index (χ1v) is 9.53. The fourth-order valence-corrected chi connectivity index (χ4v) is 4.48. The van der Waals surface area contributed by atoms with Crippen molar-refractivity contribution in [3.63, 3.8) is 0 Å². The lowest BCUT2D eigenvalue weighted by molar-refractivity contribution is -0.130. The van der Waals surface area contributed by atoms with Crippen molar-refractivity contribution in [1.29, 1.82) is 0 Å². The molecule has 1 N–H and O–H groups in total. The van der Waals surface area contributed by atoms with Crippen molar-refractivity contribution in [2.45, 2.75) is 77.2 Å². The van der Waals surface area contributed by atoms with Crippen molar-refractivity contribution in [2.75, 3.05) is 11.4 Å². The van der Waals surface area contributed by atoms with Crippen molar-refractivity contribution in [3.05, 3.63) is 29.8 Å². The van der Waals surface area contributed by atoms with Gasteiger partial charge in [0.1, 0.15) is 0 Å². The molecule has 0 radical (unpaired) electrons. The molecule has 3 heteroatoms. The number of carbonyl (C=O) groups excluding carboxylic acids is 1. The first-order valence-electron chi connectivity index (χ1n) is 9.53. The third-order valence-electron chi connectivity index (χ3n) is 6.24. The van der Waals surface area contributed by atoms with Gasteiger partial charge in [0.15, 0.2) is 0 Å². The molecule has 3 nitrogen and oxygen atoms in total. The van der Waals surface area contributed by atoms with Crippen LogP contribution in [0.5, 0.6) is 0 Å². The zero-order valence-corrected chi connectivity index (χ0v) is 15.3. The van der Waals surface area contributed by atoms with Crippen molar-refractivity contribution in [1.82, 2.24) is 0 Å². The second-order valence-electron chi connectivity index (χ2n) is 8.21. The summed E-state index contributed by atoms with van der Waals surface area (Å²) in [5.74, 6) is 0.785. The van der Waals surface area contributed by atoms with Gasteiger partial charge < -0.3 is 10.0 Å². The van der Waals surface area contributed by atoms with Crippen LogP contribution in [0.3, 0.4) is 0 Å². The molecule has 1 aromatic rings. The first kappa shape index (κ1) is 17.5. The number of carbonyl (C=O) groups is 1. The third-order valence-corrected chi connectivity index (χ3v) is 6.24. The van der Waals surface area contributed by atoms with Gasteiger partial charge in [-0.1, -0.05) is 39.3 Å². The van der Waals surface area contributed by atoms with E-state index in [2.05, 4.69) is 45.0 Å². The summed E-state index contributed by atoms with van der Waals surface area (Å²) >= 11 is 0. The van der Waals surface area contributed by atoms with E-state index in [-0.39, 0.29) is 11.3 Å². The molecule has 1 aromatic carbocycles. The highest BCUT2D eigenvalue weighted by molar-refractivity contribution is 6.00. The number of benzene rings is 1. The Morgan fingerprint density at radius 2 is 1.71 bits per heavy atom. The van der Waals surface area contributed by atoms with Gasteiger partial charge in [0.25, 0.3) is 0 Å². The maximum absolute atomic E-state index is 13.1. The number of hydrogen-bond acceptors (Lipinski definition) is 2. The van der Waals surface area contributed by atoms with E-state index in [9.17, 15) is 9.90 Å². The predicted octanol–water partition coefficient (Wildman–Crippen LogP) is 4.64. The van der Waals surface area contributed by atoms with Gasteiger partial charge in [0.05, 0.1) is 11.0 Å². The summed E-state index contributed by atoms with van der Waals surface area (Å²) in [6.45, 7) is 7.30. The molecule has 1 aliphatic carbocycles. The number of nitrogens with zero attached hydrogens (tertiary/aromatic N) is 1. The van der Waals surface area contributed by atoms with E-state index >= 15 is 0 Å². The molecule has 1 heterocycles. The lowest BCUT2D eigenvalue weighted by atomic mass is 9.67.